The number of nitrogens with one attached hydrogen (secondary N) is 1. The van der Waals surface area contributed by atoms with Gasteiger partial charge in [-0.2, -0.15) is 22.9 Å². The van der Waals surface area contributed by atoms with Gasteiger partial charge in [0.15, 0.2) is 0 Å². The molecule has 0 amide bonds. The summed E-state index contributed by atoms with van der Waals surface area (Å²) in [7, 11) is 2.92. The summed E-state index contributed by atoms with van der Waals surface area (Å²) in [6.07, 6.45) is -3.47. The first-order chi connectivity index (χ1) is 10.3. The maximum atomic E-state index is 12.8. The summed E-state index contributed by atoms with van der Waals surface area (Å²) < 4.78 is 48.7. The van der Waals surface area contributed by atoms with E-state index < -0.39 is 12.0 Å². The Morgan fingerprint density at radius 2 is 1.82 bits per heavy atom. The lowest BCUT2D eigenvalue weighted by Crippen LogP contribution is -2.12. The minimum absolute atomic E-state index is 0.265. The summed E-state index contributed by atoms with van der Waals surface area (Å²) in [6, 6.07) is 4.80. The zero-order valence-electron chi connectivity index (χ0n) is 11.5. The lowest BCUT2D eigenvalue weighted by Gasteiger charge is -2.06. The quantitative estimate of drug-likeness (QED) is 0.691. The van der Waals surface area contributed by atoms with E-state index in [1.165, 1.54) is 20.4 Å². The molecule has 2 aromatic rings. The highest BCUT2D eigenvalue weighted by atomic mass is 32.1. The van der Waals surface area contributed by atoms with Crippen LogP contribution in [0.5, 0.6) is 11.5 Å². The van der Waals surface area contributed by atoms with Crippen LogP contribution in [0.25, 0.3) is 0 Å². The summed E-state index contributed by atoms with van der Waals surface area (Å²) in [5, 5.41) is 8.90. The molecule has 0 saturated heterocycles. The Bertz CT molecular complexity index is 729. The van der Waals surface area contributed by atoms with E-state index in [1.54, 1.807) is 18.2 Å². The molecule has 1 aromatic carbocycles. The molecular weight excluding hydrogens is 321 g/mol. The number of ether oxygens (including phenoxy) is 2. The average Bonchev–Trinajstić information content (AvgIpc) is 2.85. The van der Waals surface area contributed by atoms with Gasteiger partial charge in [0.05, 0.1) is 20.4 Å². The fourth-order valence-corrected chi connectivity index (χ4v) is 1.79. The Morgan fingerprint density at radius 1 is 1.23 bits per heavy atom. The van der Waals surface area contributed by atoms with Crippen molar-refractivity contribution in [1.29, 1.82) is 0 Å². The molecule has 118 valence electrons. The number of aromatic amines is 1. The van der Waals surface area contributed by atoms with Gasteiger partial charge in [-0.05, 0) is 24.4 Å². The normalized spacial score (nSPS) is 11.9. The second-order valence-electron chi connectivity index (χ2n) is 4.05. The number of hydrogen-bond acceptors (Lipinski definition) is 5. The molecular formula is C12H11F3N4O2S. The van der Waals surface area contributed by atoms with Gasteiger partial charge in [-0.3, -0.25) is 0 Å². The highest BCUT2D eigenvalue weighted by molar-refractivity contribution is 7.71. The number of halogens is 3. The Morgan fingerprint density at radius 3 is 2.32 bits per heavy atom. The van der Waals surface area contributed by atoms with Crippen LogP contribution in [0.15, 0.2) is 23.3 Å². The van der Waals surface area contributed by atoms with Crippen LogP contribution in [0, 0.1) is 4.77 Å². The Kier molecular flexibility index (Phi) is 4.50. The summed E-state index contributed by atoms with van der Waals surface area (Å²) in [6.45, 7) is 0. The molecule has 0 aliphatic rings. The Labute approximate surface area is 128 Å². The fraction of sp³-hybridized carbons (Fsp3) is 0.250. The summed E-state index contributed by atoms with van der Waals surface area (Å²) in [5.74, 6) is -0.274. The van der Waals surface area contributed by atoms with Gasteiger partial charge in [0, 0.05) is 11.6 Å². The number of aromatic nitrogens is 3. The molecule has 0 atom stereocenters. The first kappa shape index (κ1) is 16.0. The molecule has 0 radical (unpaired) electrons. The average molecular weight is 332 g/mol. The van der Waals surface area contributed by atoms with Crippen molar-refractivity contribution in [3.8, 4) is 11.5 Å². The molecule has 1 aromatic heterocycles. The number of alkyl halides is 3. The van der Waals surface area contributed by atoms with Crippen LogP contribution in [0.3, 0.4) is 0 Å². The first-order valence-electron chi connectivity index (χ1n) is 5.87. The largest absolute Gasteiger partial charge is 0.497 e. The molecule has 1 N–H and O–H groups in total. The van der Waals surface area contributed by atoms with Crippen molar-refractivity contribution in [3.05, 3.63) is 34.4 Å². The van der Waals surface area contributed by atoms with Crippen LogP contribution in [0.1, 0.15) is 11.4 Å². The van der Waals surface area contributed by atoms with Crippen molar-refractivity contribution in [2.75, 3.05) is 14.2 Å². The van der Waals surface area contributed by atoms with Gasteiger partial charge in [-0.15, -0.1) is 5.10 Å². The van der Waals surface area contributed by atoms with E-state index in [0.717, 1.165) is 0 Å². The Hall–Kier alpha value is -2.36. The van der Waals surface area contributed by atoms with Crippen molar-refractivity contribution in [3.63, 3.8) is 0 Å². The van der Waals surface area contributed by atoms with E-state index in [2.05, 4.69) is 15.3 Å². The van der Waals surface area contributed by atoms with Crippen LogP contribution >= 0.6 is 12.2 Å². The molecule has 0 bridgehead atoms. The fourth-order valence-electron chi connectivity index (χ4n) is 1.61. The molecule has 6 nitrogen and oxygen atoms in total. The second-order valence-corrected chi connectivity index (χ2v) is 4.44. The minimum Gasteiger partial charge on any atom is -0.497 e. The minimum atomic E-state index is -4.67. The molecule has 10 heteroatoms. The summed E-state index contributed by atoms with van der Waals surface area (Å²) in [4.78, 5) is 0. The molecule has 22 heavy (non-hydrogen) atoms. The van der Waals surface area contributed by atoms with E-state index in [4.69, 9.17) is 21.7 Å². The van der Waals surface area contributed by atoms with Gasteiger partial charge >= 0.3 is 6.18 Å². The number of hydrogen-bond donors (Lipinski definition) is 1. The molecule has 0 aliphatic heterocycles. The summed E-state index contributed by atoms with van der Waals surface area (Å²) in [5.41, 5.74) is 0.479. The lowest BCUT2D eigenvalue weighted by atomic mass is 10.2. The van der Waals surface area contributed by atoms with Gasteiger partial charge in [0.25, 0.3) is 5.82 Å². The number of rotatable bonds is 4. The van der Waals surface area contributed by atoms with E-state index in [0.29, 0.717) is 21.7 Å². The zero-order valence-corrected chi connectivity index (χ0v) is 12.3. The second kappa shape index (κ2) is 6.18. The van der Waals surface area contributed by atoms with Gasteiger partial charge in [0.1, 0.15) is 11.5 Å². The van der Waals surface area contributed by atoms with Gasteiger partial charge in [0.2, 0.25) is 4.77 Å². The van der Waals surface area contributed by atoms with Crippen molar-refractivity contribution in [2.24, 2.45) is 5.10 Å². The summed E-state index contributed by atoms with van der Waals surface area (Å²) >= 11 is 4.74. The van der Waals surface area contributed by atoms with E-state index in [1.807, 2.05) is 0 Å². The monoisotopic (exact) mass is 332 g/mol. The van der Waals surface area contributed by atoms with Gasteiger partial charge in [-0.25, -0.2) is 5.10 Å². The predicted octanol–water partition coefficient (Wildman–Crippen LogP) is 2.86. The third kappa shape index (κ3) is 3.45. The van der Waals surface area contributed by atoms with E-state index >= 15 is 0 Å². The van der Waals surface area contributed by atoms with Crippen LogP contribution in [-0.2, 0) is 6.18 Å². The van der Waals surface area contributed by atoms with Gasteiger partial charge < -0.3 is 9.47 Å². The number of benzene rings is 1. The number of methoxy groups -OCH3 is 2. The van der Waals surface area contributed by atoms with E-state index in [9.17, 15) is 13.2 Å². The smallest absolute Gasteiger partial charge is 0.453 e. The topological polar surface area (TPSA) is 64.4 Å². The third-order valence-corrected chi connectivity index (χ3v) is 2.86. The number of nitrogens with zero attached hydrogens (tertiary/aromatic N) is 3. The van der Waals surface area contributed by atoms with Gasteiger partial charge in [-0.1, -0.05) is 0 Å². The van der Waals surface area contributed by atoms with Crippen LogP contribution in [-0.4, -0.2) is 35.3 Å². The molecule has 0 spiro atoms. The SMILES string of the molecule is COc1cc(/C=N\n2c(C(F)(F)F)n[nH]c2=S)cc(OC)c1. The van der Waals surface area contributed by atoms with E-state index in [-0.39, 0.29) is 4.77 Å². The highest BCUT2D eigenvalue weighted by Crippen LogP contribution is 2.27. The highest BCUT2D eigenvalue weighted by Gasteiger charge is 2.37. The first-order valence-corrected chi connectivity index (χ1v) is 6.28. The van der Waals surface area contributed by atoms with Crippen molar-refractivity contribution in [1.82, 2.24) is 14.9 Å². The van der Waals surface area contributed by atoms with Crippen molar-refractivity contribution >= 4 is 18.4 Å². The van der Waals surface area contributed by atoms with Crippen LogP contribution in [0.4, 0.5) is 13.2 Å². The molecule has 0 fully saturated rings. The standard InChI is InChI=1S/C12H11F3N4O2S/c1-20-8-3-7(4-9(5-8)21-2)6-16-19-10(12(13,14)15)17-18-11(19)22/h3-6H,1-2H3,(H,18,22)/b16-6-. The van der Waals surface area contributed by atoms with Crippen LogP contribution < -0.4 is 9.47 Å². The molecule has 1 heterocycles. The number of H-pyrrole nitrogens is 1. The lowest BCUT2D eigenvalue weighted by molar-refractivity contribution is -0.147. The van der Waals surface area contributed by atoms with Crippen molar-refractivity contribution < 1.29 is 22.6 Å². The molecule has 0 unspecified atom stereocenters. The Balaban J connectivity index is 2.41. The molecule has 2 rings (SSSR count). The maximum Gasteiger partial charge on any atom is 0.453 e. The molecule has 0 saturated carbocycles. The predicted molar refractivity (Wildman–Crippen MR) is 75.0 cm³/mol. The van der Waals surface area contributed by atoms with Crippen molar-refractivity contribution in [2.45, 2.75) is 6.18 Å². The maximum absolute atomic E-state index is 12.8. The van der Waals surface area contributed by atoms with Crippen LogP contribution in [0.2, 0.25) is 0 Å². The zero-order chi connectivity index (χ0) is 16.3. The molecule has 0 aliphatic carbocycles. The third-order valence-electron chi connectivity index (χ3n) is 2.60.